The number of rotatable bonds is 9. The van der Waals surface area contributed by atoms with E-state index in [-0.39, 0.29) is 37.0 Å². The highest BCUT2D eigenvalue weighted by atomic mass is 16.5. The number of hydrogen-bond donors (Lipinski definition) is 3. The smallest absolute Gasteiger partial charge is 0.407 e. The molecule has 8 heteroatoms. The number of alkyl carbamates (subject to hydrolysis) is 1. The van der Waals surface area contributed by atoms with Crippen LogP contribution >= 0.6 is 0 Å². The average Bonchev–Trinajstić information content (AvgIpc) is 3.19. The van der Waals surface area contributed by atoms with Crippen molar-refractivity contribution in [1.29, 1.82) is 0 Å². The average molecular weight is 474 g/mol. The minimum Gasteiger partial charge on any atom is -0.478 e. The Balaban J connectivity index is 1.29. The molecule has 2 amide bonds. The van der Waals surface area contributed by atoms with Gasteiger partial charge in [0.2, 0.25) is 5.91 Å². The number of nitrogens with zero attached hydrogens (tertiary/aromatic N) is 1. The van der Waals surface area contributed by atoms with Crippen LogP contribution in [0, 0.1) is 0 Å². The fourth-order valence-corrected chi connectivity index (χ4v) is 4.30. The van der Waals surface area contributed by atoms with Crippen molar-refractivity contribution in [3.05, 3.63) is 89.2 Å². The second kappa shape index (κ2) is 10.8. The van der Waals surface area contributed by atoms with E-state index in [1.807, 2.05) is 31.2 Å². The van der Waals surface area contributed by atoms with Crippen LogP contribution < -0.4 is 10.6 Å². The molecule has 3 N–H and O–H groups in total. The number of fused-ring (bicyclic) bond motifs is 3. The molecule has 1 heterocycles. The monoisotopic (exact) mass is 473 g/mol. The Hall–Kier alpha value is -4.20. The van der Waals surface area contributed by atoms with Crippen LogP contribution in [-0.2, 0) is 16.1 Å². The van der Waals surface area contributed by atoms with E-state index in [2.05, 4.69) is 39.9 Å². The molecule has 0 unspecified atom stereocenters. The van der Waals surface area contributed by atoms with Gasteiger partial charge in [0.05, 0.1) is 17.8 Å². The lowest BCUT2D eigenvalue weighted by molar-refractivity contribution is -0.121. The van der Waals surface area contributed by atoms with Crippen LogP contribution in [0.15, 0.2) is 66.9 Å². The molecule has 0 aliphatic heterocycles. The summed E-state index contributed by atoms with van der Waals surface area (Å²) in [6, 6.07) is 18.6. The topological polar surface area (TPSA) is 118 Å². The number of aromatic carboxylic acids is 1. The van der Waals surface area contributed by atoms with Gasteiger partial charge in [-0.2, -0.15) is 0 Å². The van der Waals surface area contributed by atoms with Crippen molar-refractivity contribution < 1.29 is 24.2 Å². The molecule has 0 spiro atoms. The Kier molecular flexibility index (Phi) is 7.40. The van der Waals surface area contributed by atoms with Gasteiger partial charge in [-0.3, -0.25) is 9.78 Å². The Morgan fingerprint density at radius 2 is 1.69 bits per heavy atom. The predicted octanol–water partition coefficient (Wildman–Crippen LogP) is 4.10. The zero-order chi connectivity index (χ0) is 24.8. The number of carbonyl (C=O) groups excluding carboxylic acids is 2. The standard InChI is InChI=1S/C27H27N3O5/c1-2-18(14-25(31)29-15-19-13-17(26(32)33)11-12-28-19)30-27(34)35-16-24-22-9-5-3-7-20(22)21-8-4-6-10-23(21)24/h3-13,18,24H,2,14-16H2,1H3,(H,29,31)(H,30,34)(H,32,33)/t18-/m1/s1. The van der Waals surface area contributed by atoms with Gasteiger partial charge in [0.25, 0.3) is 0 Å². The van der Waals surface area contributed by atoms with Crippen molar-refractivity contribution in [2.75, 3.05) is 6.61 Å². The van der Waals surface area contributed by atoms with Crippen LogP contribution in [0.1, 0.15) is 52.9 Å². The lowest BCUT2D eigenvalue weighted by atomic mass is 9.98. The molecule has 1 aliphatic carbocycles. The van der Waals surface area contributed by atoms with Gasteiger partial charge in [-0.05, 0) is 40.8 Å². The van der Waals surface area contributed by atoms with Crippen LogP contribution in [0.5, 0.6) is 0 Å². The number of carboxylic acid groups (broad SMARTS) is 1. The third-order valence-electron chi connectivity index (χ3n) is 6.12. The number of nitrogens with one attached hydrogen (secondary N) is 2. The van der Waals surface area contributed by atoms with Gasteiger partial charge in [0.1, 0.15) is 6.61 Å². The minimum absolute atomic E-state index is 0.0365. The molecule has 1 atom stereocenters. The molecule has 2 aromatic carbocycles. The quantitative estimate of drug-likeness (QED) is 0.431. The number of carbonyl (C=O) groups is 3. The third-order valence-corrected chi connectivity index (χ3v) is 6.12. The molecular weight excluding hydrogens is 446 g/mol. The van der Waals surface area contributed by atoms with E-state index < -0.39 is 18.1 Å². The van der Waals surface area contributed by atoms with Crippen LogP contribution in [0.3, 0.4) is 0 Å². The summed E-state index contributed by atoms with van der Waals surface area (Å²) in [6.45, 7) is 2.18. The molecule has 1 aliphatic rings. The second-order valence-electron chi connectivity index (χ2n) is 8.40. The third kappa shape index (κ3) is 5.66. The number of carboxylic acids is 1. The number of ether oxygens (including phenoxy) is 1. The lowest BCUT2D eigenvalue weighted by Gasteiger charge is -2.19. The number of amides is 2. The van der Waals surface area contributed by atoms with Crippen LogP contribution in [-0.4, -0.2) is 40.7 Å². The molecule has 3 aromatic rings. The van der Waals surface area contributed by atoms with E-state index in [9.17, 15) is 14.4 Å². The summed E-state index contributed by atoms with van der Waals surface area (Å²) in [7, 11) is 0. The zero-order valence-electron chi connectivity index (χ0n) is 19.4. The summed E-state index contributed by atoms with van der Waals surface area (Å²) in [5, 5.41) is 14.6. The number of aromatic nitrogens is 1. The first-order valence-corrected chi connectivity index (χ1v) is 11.5. The number of hydrogen-bond acceptors (Lipinski definition) is 5. The first kappa shape index (κ1) is 23.9. The normalized spacial score (nSPS) is 12.8. The first-order chi connectivity index (χ1) is 17.0. The second-order valence-corrected chi connectivity index (χ2v) is 8.40. The highest BCUT2D eigenvalue weighted by Gasteiger charge is 2.29. The molecule has 8 nitrogen and oxygen atoms in total. The van der Waals surface area contributed by atoms with Gasteiger partial charge in [-0.25, -0.2) is 9.59 Å². The summed E-state index contributed by atoms with van der Waals surface area (Å²) < 4.78 is 5.57. The van der Waals surface area contributed by atoms with Crippen molar-refractivity contribution >= 4 is 18.0 Å². The highest BCUT2D eigenvalue weighted by Crippen LogP contribution is 2.44. The largest absolute Gasteiger partial charge is 0.478 e. The van der Waals surface area contributed by atoms with Crippen molar-refractivity contribution in [2.45, 2.75) is 38.3 Å². The fourth-order valence-electron chi connectivity index (χ4n) is 4.30. The van der Waals surface area contributed by atoms with Crippen molar-refractivity contribution in [1.82, 2.24) is 15.6 Å². The minimum atomic E-state index is -1.06. The Bertz CT molecular complexity index is 1200. The van der Waals surface area contributed by atoms with Crippen LogP contribution in [0.25, 0.3) is 11.1 Å². The molecule has 0 saturated carbocycles. The summed E-state index contributed by atoms with van der Waals surface area (Å²) in [4.78, 5) is 40.0. The maximum absolute atomic E-state index is 12.5. The van der Waals surface area contributed by atoms with Crippen LogP contribution in [0.2, 0.25) is 0 Å². The van der Waals surface area contributed by atoms with Gasteiger partial charge < -0.3 is 20.5 Å². The Labute approximate surface area is 203 Å². The van der Waals surface area contributed by atoms with E-state index >= 15 is 0 Å². The lowest BCUT2D eigenvalue weighted by Crippen LogP contribution is -2.39. The van der Waals surface area contributed by atoms with Crippen LogP contribution in [0.4, 0.5) is 4.79 Å². The highest BCUT2D eigenvalue weighted by molar-refractivity contribution is 5.87. The number of pyridine rings is 1. The Morgan fingerprint density at radius 1 is 1.03 bits per heavy atom. The van der Waals surface area contributed by atoms with Gasteiger partial charge in [0.15, 0.2) is 0 Å². The number of benzene rings is 2. The molecule has 0 radical (unpaired) electrons. The van der Waals surface area contributed by atoms with E-state index in [1.54, 1.807) is 0 Å². The SMILES string of the molecule is CC[C@H](CC(=O)NCc1cc(C(=O)O)ccn1)NC(=O)OCC1c2ccccc2-c2ccccc21. The molecule has 1 aromatic heterocycles. The molecule has 0 bridgehead atoms. The molecular formula is C27H27N3O5. The van der Waals surface area contributed by atoms with E-state index in [0.29, 0.717) is 12.1 Å². The zero-order valence-corrected chi connectivity index (χ0v) is 19.4. The molecule has 180 valence electrons. The molecule has 0 saturated heterocycles. The summed E-state index contributed by atoms with van der Waals surface area (Å²) in [5.41, 5.74) is 5.12. The Morgan fingerprint density at radius 3 is 2.31 bits per heavy atom. The maximum atomic E-state index is 12.5. The summed E-state index contributed by atoms with van der Waals surface area (Å²) in [6.07, 6.45) is 1.43. The molecule has 35 heavy (non-hydrogen) atoms. The summed E-state index contributed by atoms with van der Waals surface area (Å²) >= 11 is 0. The predicted molar refractivity (Wildman–Crippen MR) is 130 cm³/mol. The van der Waals surface area contributed by atoms with Gasteiger partial charge in [-0.1, -0.05) is 55.5 Å². The van der Waals surface area contributed by atoms with Crippen molar-refractivity contribution in [2.24, 2.45) is 0 Å². The van der Waals surface area contributed by atoms with Crippen molar-refractivity contribution in [3.63, 3.8) is 0 Å². The molecule has 4 rings (SSSR count). The first-order valence-electron chi connectivity index (χ1n) is 11.5. The molecule has 0 fully saturated rings. The maximum Gasteiger partial charge on any atom is 0.407 e. The van der Waals surface area contributed by atoms with E-state index in [1.165, 1.54) is 18.3 Å². The van der Waals surface area contributed by atoms with Gasteiger partial charge in [-0.15, -0.1) is 0 Å². The fraction of sp³-hybridized carbons (Fsp3) is 0.259. The van der Waals surface area contributed by atoms with E-state index in [0.717, 1.165) is 22.3 Å². The van der Waals surface area contributed by atoms with Crippen molar-refractivity contribution in [3.8, 4) is 11.1 Å². The van der Waals surface area contributed by atoms with Gasteiger partial charge in [0, 0.05) is 24.6 Å². The van der Waals surface area contributed by atoms with Gasteiger partial charge >= 0.3 is 12.1 Å². The van der Waals surface area contributed by atoms with E-state index in [4.69, 9.17) is 9.84 Å². The summed E-state index contributed by atoms with van der Waals surface area (Å²) in [5.74, 6) is -1.37.